The monoisotopic (exact) mass is 212 g/mol. The number of aromatic nitrogens is 1. The molecule has 0 saturated carbocycles. The average molecular weight is 212 g/mol. The molecule has 0 bridgehead atoms. The van der Waals surface area contributed by atoms with Crippen LogP contribution in [0.3, 0.4) is 0 Å². The van der Waals surface area contributed by atoms with Crippen LogP contribution in [0.1, 0.15) is 0 Å². The van der Waals surface area contributed by atoms with Crippen molar-refractivity contribution in [3.05, 3.63) is 22.1 Å². The summed E-state index contributed by atoms with van der Waals surface area (Å²) in [6.45, 7) is 0. The van der Waals surface area contributed by atoms with E-state index in [1.165, 1.54) is 0 Å². The van der Waals surface area contributed by atoms with Crippen LogP contribution in [0.4, 0.5) is 23.4 Å². The SMILES string of the molecule is Nc1cc(=O)c(F)c(OC(F)(F)F)[nH]1. The van der Waals surface area contributed by atoms with Crippen molar-refractivity contribution in [1.82, 2.24) is 4.98 Å². The molecule has 1 aromatic heterocycles. The van der Waals surface area contributed by atoms with Gasteiger partial charge in [0.1, 0.15) is 5.82 Å². The molecule has 0 amide bonds. The third-order valence-corrected chi connectivity index (χ3v) is 1.18. The summed E-state index contributed by atoms with van der Waals surface area (Å²) in [5.41, 5.74) is 3.70. The number of rotatable bonds is 1. The average Bonchev–Trinajstić information content (AvgIpc) is 1.96. The highest BCUT2D eigenvalue weighted by atomic mass is 19.4. The Morgan fingerprint density at radius 1 is 1.43 bits per heavy atom. The van der Waals surface area contributed by atoms with Gasteiger partial charge in [-0.2, -0.15) is 4.39 Å². The van der Waals surface area contributed by atoms with Crippen LogP contribution < -0.4 is 15.9 Å². The summed E-state index contributed by atoms with van der Waals surface area (Å²) < 4.78 is 50.8. The quantitative estimate of drug-likeness (QED) is 0.682. The number of alkyl halides is 3. The molecule has 0 spiro atoms. The van der Waals surface area contributed by atoms with Gasteiger partial charge in [0, 0.05) is 6.07 Å². The first-order chi connectivity index (χ1) is 6.29. The first-order valence-electron chi connectivity index (χ1n) is 3.23. The van der Waals surface area contributed by atoms with Gasteiger partial charge in [-0.05, 0) is 0 Å². The Morgan fingerprint density at radius 2 is 2.00 bits per heavy atom. The molecule has 0 radical (unpaired) electrons. The highest BCUT2D eigenvalue weighted by molar-refractivity contribution is 5.32. The number of H-pyrrole nitrogens is 1. The number of pyridine rings is 1. The van der Waals surface area contributed by atoms with E-state index in [1.54, 1.807) is 4.98 Å². The molecule has 0 aliphatic rings. The van der Waals surface area contributed by atoms with E-state index in [1.807, 2.05) is 0 Å². The van der Waals surface area contributed by atoms with Crippen molar-refractivity contribution in [2.75, 3.05) is 5.73 Å². The summed E-state index contributed by atoms with van der Waals surface area (Å²) in [7, 11) is 0. The Balaban J connectivity index is 3.15. The maximum absolute atomic E-state index is 12.7. The molecule has 0 aliphatic carbocycles. The van der Waals surface area contributed by atoms with Gasteiger partial charge < -0.3 is 15.5 Å². The minimum absolute atomic E-state index is 0.421. The van der Waals surface area contributed by atoms with E-state index in [9.17, 15) is 22.4 Å². The van der Waals surface area contributed by atoms with Crippen LogP contribution in [0.25, 0.3) is 0 Å². The summed E-state index contributed by atoms with van der Waals surface area (Å²) in [5.74, 6) is -3.44. The molecule has 3 N–H and O–H groups in total. The van der Waals surface area contributed by atoms with E-state index in [2.05, 4.69) is 4.74 Å². The van der Waals surface area contributed by atoms with E-state index in [0.717, 1.165) is 0 Å². The van der Waals surface area contributed by atoms with Crippen molar-refractivity contribution in [1.29, 1.82) is 0 Å². The van der Waals surface area contributed by atoms with Crippen LogP contribution in [0.2, 0.25) is 0 Å². The number of nitrogens with two attached hydrogens (primary N) is 1. The van der Waals surface area contributed by atoms with Gasteiger partial charge in [-0.15, -0.1) is 13.2 Å². The predicted molar refractivity (Wildman–Crippen MR) is 38.1 cm³/mol. The topological polar surface area (TPSA) is 68.1 Å². The Morgan fingerprint density at radius 3 is 2.50 bits per heavy atom. The lowest BCUT2D eigenvalue weighted by Crippen LogP contribution is -2.22. The Labute approximate surface area is 74.3 Å². The number of nitrogen functional groups attached to an aromatic ring is 1. The van der Waals surface area contributed by atoms with E-state index in [0.29, 0.717) is 6.07 Å². The maximum atomic E-state index is 12.7. The molecule has 0 saturated heterocycles. The van der Waals surface area contributed by atoms with Gasteiger partial charge >= 0.3 is 6.36 Å². The Kier molecular flexibility index (Phi) is 2.37. The first-order valence-corrected chi connectivity index (χ1v) is 3.23. The zero-order valence-electron chi connectivity index (χ0n) is 6.48. The molecule has 0 fully saturated rings. The molecule has 8 heteroatoms. The Hall–Kier alpha value is -1.73. The third-order valence-electron chi connectivity index (χ3n) is 1.18. The molecule has 1 heterocycles. The minimum atomic E-state index is -5.09. The van der Waals surface area contributed by atoms with Crippen molar-refractivity contribution >= 4 is 5.82 Å². The fourth-order valence-electron chi connectivity index (χ4n) is 0.725. The lowest BCUT2D eigenvalue weighted by molar-refractivity contribution is -0.277. The lowest BCUT2D eigenvalue weighted by atomic mass is 10.4. The summed E-state index contributed by atoms with van der Waals surface area (Å²) in [4.78, 5) is 12.4. The van der Waals surface area contributed by atoms with Gasteiger partial charge in [-0.25, -0.2) is 0 Å². The molecular weight excluding hydrogens is 208 g/mol. The number of halogens is 4. The zero-order chi connectivity index (χ0) is 10.9. The molecule has 1 aromatic rings. The van der Waals surface area contributed by atoms with Crippen LogP contribution >= 0.6 is 0 Å². The summed E-state index contributed by atoms with van der Waals surface area (Å²) in [5, 5.41) is 0. The molecule has 78 valence electrons. The highest BCUT2D eigenvalue weighted by Crippen LogP contribution is 2.22. The van der Waals surface area contributed by atoms with Gasteiger partial charge in [0.2, 0.25) is 17.1 Å². The van der Waals surface area contributed by atoms with Crippen LogP contribution in [-0.4, -0.2) is 11.3 Å². The van der Waals surface area contributed by atoms with E-state index >= 15 is 0 Å². The van der Waals surface area contributed by atoms with E-state index in [-0.39, 0.29) is 0 Å². The maximum Gasteiger partial charge on any atom is 0.574 e. The second-order valence-electron chi connectivity index (χ2n) is 2.28. The summed E-state index contributed by atoms with van der Waals surface area (Å²) >= 11 is 0. The van der Waals surface area contributed by atoms with Gasteiger partial charge in [0.25, 0.3) is 0 Å². The van der Waals surface area contributed by atoms with Crippen molar-refractivity contribution in [2.24, 2.45) is 0 Å². The van der Waals surface area contributed by atoms with Gasteiger partial charge in [0.15, 0.2) is 0 Å². The second-order valence-corrected chi connectivity index (χ2v) is 2.28. The number of nitrogens with one attached hydrogen (secondary N) is 1. The number of hydrogen-bond donors (Lipinski definition) is 2. The van der Waals surface area contributed by atoms with Crippen molar-refractivity contribution in [3.63, 3.8) is 0 Å². The lowest BCUT2D eigenvalue weighted by Gasteiger charge is -2.09. The van der Waals surface area contributed by atoms with Gasteiger partial charge in [0.05, 0.1) is 0 Å². The molecular formula is C6H4F4N2O2. The number of ether oxygens (including phenoxy) is 1. The van der Waals surface area contributed by atoms with Crippen molar-refractivity contribution < 1.29 is 22.3 Å². The third kappa shape index (κ3) is 2.38. The second kappa shape index (κ2) is 3.20. The highest BCUT2D eigenvalue weighted by Gasteiger charge is 2.33. The molecule has 0 unspecified atom stereocenters. The number of hydrogen-bond acceptors (Lipinski definition) is 3. The fourth-order valence-corrected chi connectivity index (χ4v) is 0.725. The van der Waals surface area contributed by atoms with E-state index < -0.39 is 29.3 Å². The Bertz CT molecular complexity index is 398. The molecule has 0 atom stereocenters. The standard InChI is InChI=1S/C6H4F4N2O2/c7-4-2(13)1-3(11)12-5(4)14-6(8,9)10/h1H,(H3,11,12,13). The van der Waals surface area contributed by atoms with Crippen LogP contribution in [0.15, 0.2) is 10.9 Å². The number of aromatic amines is 1. The molecule has 0 aliphatic heterocycles. The predicted octanol–water partition coefficient (Wildman–Crippen LogP) is 0.995. The summed E-state index contributed by atoms with van der Waals surface area (Å²) in [6, 6.07) is 0.610. The van der Waals surface area contributed by atoms with Crippen LogP contribution in [-0.2, 0) is 0 Å². The van der Waals surface area contributed by atoms with Crippen LogP contribution in [0, 0.1) is 5.82 Å². The first kappa shape index (κ1) is 10.4. The smallest absolute Gasteiger partial charge is 0.386 e. The largest absolute Gasteiger partial charge is 0.574 e. The van der Waals surface area contributed by atoms with Gasteiger partial charge in [-0.1, -0.05) is 0 Å². The molecule has 4 nitrogen and oxygen atoms in total. The van der Waals surface area contributed by atoms with Crippen molar-refractivity contribution in [3.8, 4) is 5.88 Å². The van der Waals surface area contributed by atoms with Crippen molar-refractivity contribution in [2.45, 2.75) is 6.36 Å². The summed E-state index contributed by atoms with van der Waals surface area (Å²) in [6.07, 6.45) is -5.09. The number of anilines is 1. The molecule has 0 aromatic carbocycles. The molecule has 1 rings (SSSR count). The minimum Gasteiger partial charge on any atom is -0.386 e. The van der Waals surface area contributed by atoms with E-state index in [4.69, 9.17) is 5.73 Å². The van der Waals surface area contributed by atoms with Gasteiger partial charge in [-0.3, -0.25) is 4.79 Å². The molecule has 14 heavy (non-hydrogen) atoms. The normalized spacial score (nSPS) is 11.4. The fraction of sp³-hybridized carbons (Fsp3) is 0.167. The zero-order valence-corrected chi connectivity index (χ0v) is 6.48. The van der Waals surface area contributed by atoms with Crippen LogP contribution in [0.5, 0.6) is 5.88 Å².